The minimum atomic E-state index is -0.124. The molecule has 3 fully saturated rings. The Hall–Kier alpha value is -1.73. The second-order valence-electron chi connectivity index (χ2n) is 6.29. The van der Waals surface area contributed by atoms with Crippen molar-refractivity contribution in [2.45, 2.75) is 25.0 Å². The lowest BCUT2D eigenvalue weighted by Crippen LogP contribution is -2.61. The zero-order valence-electron chi connectivity index (χ0n) is 12.8. The molecule has 5 heterocycles. The summed E-state index contributed by atoms with van der Waals surface area (Å²) in [5, 5.41) is 3.17. The highest BCUT2D eigenvalue weighted by Gasteiger charge is 2.51. The number of hydrogen-bond donors (Lipinski definition) is 1. The molecule has 7 nitrogen and oxygen atoms in total. The molecular formula is C15H21N5O2. The van der Waals surface area contributed by atoms with E-state index in [4.69, 9.17) is 9.47 Å². The number of aliphatic imine (C=N–C) groups is 1. The van der Waals surface area contributed by atoms with Crippen LogP contribution in [0.4, 0.5) is 5.82 Å². The second kappa shape index (κ2) is 5.48. The lowest BCUT2D eigenvalue weighted by Gasteiger charge is -2.50. The van der Waals surface area contributed by atoms with Crippen molar-refractivity contribution in [2.75, 3.05) is 38.6 Å². The number of anilines is 1. The fourth-order valence-electron chi connectivity index (χ4n) is 3.75. The van der Waals surface area contributed by atoms with Gasteiger partial charge in [0, 0.05) is 25.6 Å². The van der Waals surface area contributed by atoms with Gasteiger partial charge >= 0.3 is 0 Å². The van der Waals surface area contributed by atoms with E-state index in [1.54, 1.807) is 7.11 Å². The van der Waals surface area contributed by atoms with Crippen molar-refractivity contribution in [3.05, 3.63) is 18.1 Å². The lowest BCUT2D eigenvalue weighted by molar-refractivity contribution is -0.0829. The summed E-state index contributed by atoms with van der Waals surface area (Å²) in [6.45, 7) is 4.60. The van der Waals surface area contributed by atoms with Crippen molar-refractivity contribution in [1.29, 1.82) is 0 Å². The molecule has 0 saturated carbocycles. The maximum Gasteiger partial charge on any atom is 0.291 e. The summed E-state index contributed by atoms with van der Waals surface area (Å²) in [6.07, 6.45) is 3.96. The van der Waals surface area contributed by atoms with Crippen molar-refractivity contribution in [1.82, 2.24) is 14.9 Å². The van der Waals surface area contributed by atoms with Crippen molar-refractivity contribution < 1.29 is 9.47 Å². The predicted molar refractivity (Wildman–Crippen MR) is 81.6 cm³/mol. The Balaban J connectivity index is 1.44. The van der Waals surface area contributed by atoms with Gasteiger partial charge < -0.3 is 9.47 Å². The van der Waals surface area contributed by atoms with Crippen LogP contribution in [0.2, 0.25) is 0 Å². The van der Waals surface area contributed by atoms with E-state index in [0.717, 1.165) is 18.8 Å². The third kappa shape index (κ3) is 2.44. The van der Waals surface area contributed by atoms with Crippen LogP contribution in [0.3, 0.4) is 0 Å². The number of aromatic nitrogens is 2. The van der Waals surface area contributed by atoms with Gasteiger partial charge in [-0.1, -0.05) is 0 Å². The molecule has 0 radical (unpaired) electrons. The number of amidine groups is 1. The predicted octanol–water partition coefficient (Wildman–Crippen LogP) is 0.885. The molecule has 1 N–H and O–H groups in total. The van der Waals surface area contributed by atoms with Crippen LogP contribution in [0.5, 0.6) is 0 Å². The van der Waals surface area contributed by atoms with E-state index in [2.05, 4.69) is 25.2 Å². The van der Waals surface area contributed by atoms with Gasteiger partial charge in [-0.05, 0) is 25.9 Å². The molecule has 1 atom stereocenters. The first kappa shape index (κ1) is 13.9. The zero-order chi connectivity index (χ0) is 15.0. The number of rotatable bonds is 3. The summed E-state index contributed by atoms with van der Waals surface area (Å²) in [5.74, 6) is 1.31. The Kier molecular flexibility index (Phi) is 3.46. The molecule has 1 aromatic rings. The molecule has 2 bridgehead atoms. The monoisotopic (exact) mass is 303 g/mol. The average molecular weight is 303 g/mol. The molecule has 1 aromatic heterocycles. The maximum absolute atomic E-state index is 6.23. The third-order valence-electron chi connectivity index (χ3n) is 4.86. The first-order chi connectivity index (χ1) is 10.8. The van der Waals surface area contributed by atoms with Crippen LogP contribution in [0.25, 0.3) is 0 Å². The zero-order valence-corrected chi connectivity index (χ0v) is 12.8. The quantitative estimate of drug-likeness (QED) is 0.894. The van der Waals surface area contributed by atoms with Gasteiger partial charge in [0.2, 0.25) is 0 Å². The Morgan fingerprint density at radius 2 is 2.27 bits per heavy atom. The number of ether oxygens (including phenoxy) is 2. The summed E-state index contributed by atoms with van der Waals surface area (Å²) in [5.41, 5.74) is 0.706. The third-order valence-corrected chi connectivity index (χ3v) is 4.86. The summed E-state index contributed by atoms with van der Waals surface area (Å²) in [7, 11) is 1.65. The molecule has 1 unspecified atom stereocenters. The molecule has 1 spiro atoms. The van der Waals surface area contributed by atoms with Gasteiger partial charge in [-0.15, -0.1) is 0 Å². The van der Waals surface area contributed by atoms with Crippen molar-refractivity contribution in [3.63, 3.8) is 0 Å². The molecule has 4 aliphatic heterocycles. The molecule has 22 heavy (non-hydrogen) atoms. The average Bonchev–Trinajstić information content (AvgIpc) is 2.91. The van der Waals surface area contributed by atoms with Crippen LogP contribution < -0.4 is 5.32 Å². The SMILES string of the molecule is COCc1cc(NC2=NCC3(CN4CCC3CC4)O2)ncn1. The highest BCUT2D eigenvalue weighted by molar-refractivity contribution is 5.89. The topological polar surface area (TPSA) is 71.9 Å². The molecule has 7 heteroatoms. The standard InChI is InChI=1S/C15H21N5O2/c1-21-7-12-6-13(18-10-17-12)19-14-16-8-15(22-14)9-20-4-2-11(15)3-5-20/h6,10-11H,2-5,7-9H2,1H3,(H,16,17,18,19). The van der Waals surface area contributed by atoms with Crippen LogP contribution in [0, 0.1) is 5.92 Å². The van der Waals surface area contributed by atoms with Crippen LogP contribution in [-0.2, 0) is 16.1 Å². The van der Waals surface area contributed by atoms with E-state index in [1.165, 1.54) is 32.3 Å². The Morgan fingerprint density at radius 1 is 1.41 bits per heavy atom. The van der Waals surface area contributed by atoms with Crippen molar-refractivity contribution in [2.24, 2.45) is 10.9 Å². The smallest absolute Gasteiger partial charge is 0.291 e. The highest BCUT2D eigenvalue weighted by atomic mass is 16.5. The fourth-order valence-corrected chi connectivity index (χ4v) is 3.75. The summed E-state index contributed by atoms with van der Waals surface area (Å²) < 4.78 is 11.3. The fraction of sp³-hybridized carbons (Fsp3) is 0.667. The number of piperidine rings is 3. The maximum atomic E-state index is 6.23. The van der Waals surface area contributed by atoms with Crippen LogP contribution in [0.1, 0.15) is 18.5 Å². The van der Waals surface area contributed by atoms with E-state index in [1.807, 2.05) is 6.07 Å². The highest BCUT2D eigenvalue weighted by Crippen LogP contribution is 2.40. The van der Waals surface area contributed by atoms with Gasteiger partial charge in [0.1, 0.15) is 17.7 Å². The largest absolute Gasteiger partial charge is 0.455 e. The van der Waals surface area contributed by atoms with Gasteiger partial charge in [0.15, 0.2) is 0 Å². The van der Waals surface area contributed by atoms with E-state index in [-0.39, 0.29) is 5.60 Å². The summed E-state index contributed by atoms with van der Waals surface area (Å²) in [4.78, 5) is 15.4. The van der Waals surface area contributed by atoms with Crippen LogP contribution in [-0.4, -0.2) is 59.8 Å². The second-order valence-corrected chi connectivity index (χ2v) is 6.29. The molecule has 4 aliphatic rings. The summed E-state index contributed by atoms with van der Waals surface area (Å²) in [6, 6.07) is 2.44. The van der Waals surface area contributed by atoms with E-state index < -0.39 is 0 Å². The van der Waals surface area contributed by atoms with Crippen LogP contribution in [0.15, 0.2) is 17.4 Å². The molecular weight excluding hydrogens is 282 g/mol. The van der Waals surface area contributed by atoms with Gasteiger partial charge in [0.25, 0.3) is 6.02 Å². The minimum absolute atomic E-state index is 0.124. The van der Waals surface area contributed by atoms with Gasteiger partial charge in [0.05, 0.1) is 18.8 Å². The lowest BCUT2D eigenvalue weighted by atomic mass is 9.75. The van der Waals surface area contributed by atoms with E-state index in [0.29, 0.717) is 24.4 Å². The molecule has 0 aromatic carbocycles. The summed E-state index contributed by atoms with van der Waals surface area (Å²) >= 11 is 0. The number of hydrogen-bond acceptors (Lipinski definition) is 7. The molecule has 118 valence electrons. The van der Waals surface area contributed by atoms with Crippen molar-refractivity contribution in [3.8, 4) is 0 Å². The van der Waals surface area contributed by atoms with Gasteiger partial charge in [-0.3, -0.25) is 10.2 Å². The number of nitrogens with zero attached hydrogens (tertiary/aromatic N) is 4. The molecule has 5 rings (SSSR count). The number of fused-ring (bicyclic) bond motifs is 2. The minimum Gasteiger partial charge on any atom is -0.455 e. The van der Waals surface area contributed by atoms with E-state index in [9.17, 15) is 0 Å². The Morgan fingerprint density at radius 3 is 3.00 bits per heavy atom. The molecule has 0 amide bonds. The Bertz CT molecular complexity index is 585. The van der Waals surface area contributed by atoms with E-state index >= 15 is 0 Å². The first-order valence-electron chi connectivity index (χ1n) is 7.80. The molecule has 0 aliphatic carbocycles. The number of methoxy groups -OCH3 is 1. The van der Waals surface area contributed by atoms with Crippen LogP contribution >= 0.6 is 0 Å². The normalized spacial score (nSPS) is 32.9. The Labute approximate surface area is 129 Å². The van der Waals surface area contributed by atoms with Gasteiger partial charge in [-0.25, -0.2) is 15.0 Å². The molecule has 3 saturated heterocycles. The van der Waals surface area contributed by atoms with Crippen molar-refractivity contribution >= 4 is 11.8 Å². The first-order valence-corrected chi connectivity index (χ1v) is 7.80. The van der Waals surface area contributed by atoms with Gasteiger partial charge in [-0.2, -0.15) is 0 Å². The number of nitrogens with one attached hydrogen (secondary N) is 1.